The van der Waals surface area contributed by atoms with Crippen LogP contribution in [-0.4, -0.2) is 24.3 Å². The van der Waals surface area contributed by atoms with Crippen molar-refractivity contribution in [2.45, 2.75) is 6.92 Å². The molecule has 0 aliphatic carbocycles. The first-order chi connectivity index (χ1) is 14.5. The van der Waals surface area contributed by atoms with Gasteiger partial charge < -0.3 is 10.1 Å². The molecule has 0 saturated carbocycles. The summed E-state index contributed by atoms with van der Waals surface area (Å²) in [5, 5.41) is 3.21. The van der Waals surface area contributed by atoms with Gasteiger partial charge in [-0.25, -0.2) is 4.90 Å². The Hall–Kier alpha value is -3.64. The molecule has 0 radical (unpaired) electrons. The van der Waals surface area contributed by atoms with Crippen molar-refractivity contribution in [3.8, 4) is 5.75 Å². The molecule has 1 aliphatic heterocycles. The first kappa shape index (κ1) is 19.7. The Bertz CT molecular complexity index is 1160. The molecule has 0 fully saturated rings. The van der Waals surface area contributed by atoms with Crippen molar-refractivity contribution in [3.05, 3.63) is 88.4 Å². The highest BCUT2D eigenvalue weighted by molar-refractivity contribution is 6.34. The molecule has 0 atom stereocenters. The van der Waals surface area contributed by atoms with E-state index in [0.29, 0.717) is 39.9 Å². The van der Waals surface area contributed by atoms with E-state index in [-0.39, 0.29) is 5.56 Å². The zero-order valence-corrected chi connectivity index (χ0v) is 16.8. The van der Waals surface area contributed by atoms with Crippen molar-refractivity contribution in [3.63, 3.8) is 0 Å². The smallest absolute Gasteiger partial charge is 0.266 e. The number of halogens is 1. The number of carbonyl (C=O) groups excluding carboxylic acids is 3. The molecule has 1 aliphatic rings. The van der Waals surface area contributed by atoms with Crippen LogP contribution in [0.5, 0.6) is 5.75 Å². The van der Waals surface area contributed by atoms with Crippen molar-refractivity contribution in [1.82, 2.24) is 0 Å². The van der Waals surface area contributed by atoms with E-state index in [2.05, 4.69) is 5.32 Å². The average molecular weight is 421 g/mol. The van der Waals surface area contributed by atoms with Crippen LogP contribution in [0.3, 0.4) is 0 Å². The topological polar surface area (TPSA) is 75.7 Å². The van der Waals surface area contributed by atoms with Crippen LogP contribution < -0.4 is 15.0 Å². The van der Waals surface area contributed by atoms with Crippen molar-refractivity contribution in [1.29, 1.82) is 0 Å². The lowest BCUT2D eigenvalue weighted by Crippen LogP contribution is -2.29. The lowest BCUT2D eigenvalue weighted by molar-refractivity contribution is 0.0924. The summed E-state index contributed by atoms with van der Waals surface area (Å²) in [4.78, 5) is 39.4. The fourth-order valence-corrected chi connectivity index (χ4v) is 3.45. The summed E-state index contributed by atoms with van der Waals surface area (Å²) < 4.78 is 5.49. The average Bonchev–Trinajstić information content (AvgIpc) is 2.99. The van der Waals surface area contributed by atoms with Gasteiger partial charge in [0.05, 0.1) is 29.0 Å². The number of benzene rings is 3. The van der Waals surface area contributed by atoms with Gasteiger partial charge in [-0.05, 0) is 55.5 Å². The third-order valence-electron chi connectivity index (χ3n) is 4.65. The van der Waals surface area contributed by atoms with E-state index in [1.54, 1.807) is 54.6 Å². The van der Waals surface area contributed by atoms with E-state index >= 15 is 0 Å². The fraction of sp³-hybridized carbons (Fsp3) is 0.0870. The van der Waals surface area contributed by atoms with E-state index in [4.69, 9.17) is 16.3 Å². The number of anilines is 2. The first-order valence-electron chi connectivity index (χ1n) is 9.31. The van der Waals surface area contributed by atoms with Gasteiger partial charge in [-0.3, -0.25) is 14.4 Å². The number of fused-ring (bicyclic) bond motifs is 1. The SMILES string of the molecule is CCOc1cc(Cl)ccc1C(=O)Nc1ccc2c(c1)C(=O)N(c1ccccc1)C2=O. The van der Waals surface area contributed by atoms with Crippen LogP contribution in [0, 0.1) is 0 Å². The number of ether oxygens (including phenoxy) is 1. The molecule has 3 aromatic carbocycles. The summed E-state index contributed by atoms with van der Waals surface area (Å²) in [5.74, 6) is -0.869. The number of nitrogens with one attached hydrogen (secondary N) is 1. The van der Waals surface area contributed by atoms with E-state index in [9.17, 15) is 14.4 Å². The van der Waals surface area contributed by atoms with Gasteiger partial charge in [0, 0.05) is 10.7 Å². The number of para-hydroxylation sites is 1. The molecule has 7 heteroatoms. The van der Waals surface area contributed by atoms with Crippen molar-refractivity contribution < 1.29 is 19.1 Å². The van der Waals surface area contributed by atoms with Gasteiger partial charge in [-0.2, -0.15) is 0 Å². The summed E-state index contributed by atoms with van der Waals surface area (Å²) in [6.45, 7) is 2.19. The van der Waals surface area contributed by atoms with Gasteiger partial charge in [0.25, 0.3) is 17.7 Å². The number of hydrogen-bond donors (Lipinski definition) is 1. The number of imide groups is 1. The number of nitrogens with zero attached hydrogens (tertiary/aromatic N) is 1. The predicted octanol–water partition coefficient (Wildman–Crippen LogP) is 4.79. The molecule has 3 amide bonds. The third-order valence-corrected chi connectivity index (χ3v) is 4.88. The molecule has 3 aromatic rings. The molecular weight excluding hydrogens is 404 g/mol. The van der Waals surface area contributed by atoms with E-state index in [1.165, 1.54) is 6.07 Å². The maximum absolute atomic E-state index is 12.9. The Morgan fingerprint density at radius 3 is 2.43 bits per heavy atom. The lowest BCUT2D eigenvalue weighted by Gasteiger charge is -2.13. The Labute approximate surface area is 178 Å². The van der Waals surface area contributed by atoms with Crippen LogP contribution in [0.15, 0.2) is 66.7 Å². The van der Waals surface area contributed by atoms with Crippen molar-refractivity contribution in [2.75, 3.05) is 16.8 Å². The van der Waals surface area contributed by atoms with Crippen LogP contribution >= 0.6 is 11.6 Å². The summed E-state index contributed by atoms with van der Waals surface area (Å²) >= 11 is 5.99. The zero-order valence-electron chi connectivity index (χ0n) is 16.0. The molecular formula is C23H17ClN2O4. The first-order valence-corrected chi connectivity index (χ1v) is 9.69. The van der Waals surface area contributed by atoms with Gasteiger partial charge in [0.1, 0.15) is 5.75 Å². The predicted molar refractivity (Wildman–Crippen MR) is 115 cm³/mol. The summed E-state index contributed by atoms with van der Waals surface area (Å²) in [6, 6.07) is 18.1. The minimum absolute atomic E-state index is 0.239. The highest BCUT2D eigenvalue weighted by atomic mass is 35.5. The Balaban J connectivity index is 1.61. The monoisotopic (exact) mass is 420 g/mol. The Morgan fingerprint density at radius 1 is 0.967 bits per heavy atom. The quantitative estimate of drug-likeness (QED) is 0.602. The summed E-state index contributed by atoms with van der Waals surface area (Å²) in [5.41, 5.74) is 1.74. The standard InChI is InChI=1S/C23H17ClN2O4/c1-2-30-20-12-14(24)8-10-18(20)21(27)25-15-9-11-17-19(13-15)23(29)26(22(17)28)16-6-4-3-5-7-16/h3-13H,2H2,1H3,(H,25,27). The Kier molecular flexibility index (Phi) is 5.25. The van der Waals surface area contributed by atoms with E-state index < -0.39 is 17.7 Å². The fourth-order valence-electron chi connectivity index (χ4n) is 3.29. The lowest BCUT2D eigenvalue weighted by atomic mass is 10.1. The summed E-state index contributed by atoms with van der Waals surface area (Å²) in [7, 11) is 0. The number of carbonyl (C=O) groups is 3. The third kappa shape index (κ3) is 3.53. The maximum Gasteiger partial charge on any atom is 0.266 e. The van der Waals surface area contributed by atoms with Gasteiger partial charge >= 0.3 is 0 Å². The molecule has 0 bridgehead atoms. The van der Waals surface area contributed by atoms with Crippen LogP contribution in [0.25, 0.3) is 0 Å². The molecule has 1 N–H and O–H groups in total. The van der Waals surface area contributed by atoms with Crippen LogP contribution in [0.2, 0.25) is 5.02 Å². The van der Waals surface area contributed by atoms with Crippen molar-refractivity contribution in [2.24, 2.45) is 0 Å². The molecule has 6 nitrogen and oxygen atoms in total. The molecule has 0 saturated heterocycles. The molecule has 0 spiro atoms. The Morgan fingerprint density at radius 2 is 1.70 bits per heavy atom. The van der Waals surface area contributed by atoms with Crippen LogP contribution in [0.1, 0.15) is 38.0 Å². The van der Waals surface area contributed by atoms with Crippen LogP contribution in [0.4, 0.5) is 11.4 Å². The molecule has 30 heavy (non-hydrogen) atoms. The maximum atomic E-state index is 12.9. The normalized spacial score (nSPS) is 12.7. The molecule has 0 unspecified atom stereocenters. The molecule has 4 rings (SSSR count). The number of hydrogen-bond acceptors (Lipinski definition) is 4. The van der Waals surface area contributed by atoms with Gasteiger partial charge in [-0.15, -0.1) is 0 Å². The number of amides is 3. The molecule has 150 valence electrons. The van der Waals surface area contributed by atoms with Crippen molar-refractivity contribution >= 4 is 40.7 Å². The van der Waals surface area contributed by atoms with Gasteiger partial charge in [0.2, 0.25) is 0 Å². The molecule has 0 aromatic heterocycles. The summed E-state index contributed by atoms with van der Waals surface area (Å²) in [6.07, 6.45) is 0. The highest BCUT2D eigenvalue weighted by Crippen LogP contribution is 2.31. The second-order valence-corrected chi connectivity index (χ2v) is 7.01. The van der Waals surface area contributed by atoms with Gasteiger partial charge in [0.15, 0.2) is 0 Å². The minimum Gasteiger partial charge on any atom is -0.493 e. The van der Waals surface area contributed by atoms with E-state index in [1.807, 2.05) is 13.0 Å². The largest absolute Gasteiger partial charge is 0.493 e. The second-order valence-electron chi connectivity index (χ2n) is 6.57. The second kappa shape index (κ2) is 8.00. The van der Waals surface area contributed by atoms with E-state index in [0.717, 1.165) is 4.90 Å². The highest BCUT2D eigenvalue weighted by Gasteiger charge is 2.36. The number of rotatable bonds is 5. The molecule has 1 heterocycles. The van der Waals surface area contributed by atoms with Gasteiger partial charge in [-0.1, -0.05) is 29.8 Å². The zero-order chi connectivity index (χ0) is 21.3. The van der Waals surface area contributed by atoms with Crippen LogP contribution in [-0.2, 0) is 0 Å². The minimum atomic E-state index is -0.432.